The molecule has 2 aromatic carbocycles. The smallest absolute Gasteiger partial charge is 0.268 e. The van der Waals surface area contributed by atoms with Crippen LogP contribution in [0.15, 0.2) is 53.4 Å². The van der Waals surface area contributed by atoms with Gasteiger partial charge in [-0.15, -0.1) is 11.8 Å². The van der Waals surface area contributed by atoms with Crippen molar-refractivity contribution in [2.75, 3.05) is 19.5 Å². The quantitative estimate of drug-likeness (QED) is 0.718. The van der Waals surface area contributed by atoms with Crippen LogP contribution in [0.3, 0.4) is 0 Å². The fourth-order valence-electron chi connectivity index (χ4n) is 2.76. The van der Waals surface area contributed by atoms with Crippen molar-refractivity contribution in [3.05, 3.63) is 69.6 Å². The zero-order valence-electron chi connectivity index (χ0n) is 14.6. The van der Waals surface area contributed by atoms with Crippen molar-refractivity contribution in [2.45, 2.75) is 6.54 Å². The topological polar surface area (TPSA) is 66.8 Å². The summed E-state index contributed by atoms with van der Waals surface area (Å²) < 4.78 is 5.15. The Morgan fingerprint density at radius 3 is 2.30 bits per heavy atom. The van der Waals surface area contributed by atoms with E-state index in [1.807, 2.05) is 0 Å². The third-order valence-corrected chi connectivity index (χ3v) is 5.40. The Morgan fingerprint density at radius 1 is 1.04 bits per heavy atom. The summed E-state index contributed by atoms with van der Waals surface area (Å²) in [6, 6.07) is 14.0. The molecule has 0 atom stereocenters. The van der Waals surface area contributed by atoms with Crippen LogP contribution in [-0.2, 0) is 16.1 Å². The van der Waals surface area contributed by atoms with Crippen molar-refractivity contribution in [1.82, 2.24) is 4.90 Å². The molecule has 0 unspecified atom stereocenters. The Balaban J connectivity index is 1.93. The number of carbonyl (C=O) groups is 2. The third-order valence-electron chi connectivity index (χ3n) is 4.10. The molecule has 0 saturated carbocycles. The van der Waals surface area contributed by atoms with E-state index in [1.165, 1.54) is 16.7 Å². The van der Waals surface area contributed by atoms with Gasteiger partial charge in [-0.3, -0.25) is 14.5 Å². The fraction of sp³-hybridized carbons (Fsp3) is 0.200. The first-order valence-electron chi connectivity index (χ1n) is 8.28. The molecule has 27 heavy (non-hydrogen) atoms. The number of benzene rings is 2. The Hall–Kier alpha value is -2.28. The van der Waals surface area contributed by atoms with Crippen molar-refractivity contribution < 1.29 is 19.4 Å². The van der Waals surface area contributed by atoms with Crippen LogP contribution in [0.25, 0.3) is 5.57 Å². The van der Waals surface area contributed by atoms with Crippen molar-refractivity contribution >= 4 is 40.8 Å². The minimum Gasteiger partial charge on any atom is -0.497 e. The van der Waals surface area contributed by atoms with Crippen LogP contribution in [0.1, 0.15) is 11.1 Å². The van der Waals surface area contributed by atoms with Crippen molar-refractivity contribution in [3.63, 3.8) is 0 Å². The molecule has 0 bridgehead atoms. The maximum absolute atomic E-state index is 13.0. The largest absolute Gasteiger partial charge is 0.497 e. The second-order valence-corrected chi connectivity index (χ2v) is 7.37. The molecular weight excluding hydrogens is 386 g/mol. The molecule has 0 aliphatic carbocycles. The molecule has 1 aliphatic rings. The summed E-state index contributed by atoms with van der Waals surface area (Å²) in [5, 5.41) is 9.74. The average Bonchev–Trinajstić information content (AvgIpc) is 2.92. The zero-order chi connectivity index (χ0) is 19.4. The first kappa shape index (κ1) is 19.5. The van der Waals surface area contributed by atoms with Gasteiger partial charge in [0.2, 0.25) is 0 Å². The number of nitrogens with zero attached hydrogens (tertiary/aromatic N) is 1. The van der Waals surface area contributed by atoms with Crippen molar-refractivity contribution in [3.8, 4) is 5.75 Å². The maximum atomic E-state index is 13.0. The molecule has 2 amide bonds. The number of hydrogen-bond donors (Lipinski definition) is 1. The number of halogens is 1. The Morgan fingerprint density at radius 2 is 1.70 bits per heavy atom. The summed E-state index contributed by atoms with van der Waals surface area (Å²) in [6.45, 7) is 0.0837. The highest BCUT2D eigenvalue weighted by Gasteiger charge is 2.39. The number of amides is 2. The van der Waals surface area contributed by atoms with Crippen LogP contribution < -0.4 is 4.74 Å². The molecule has 1 heterocycles. The van der Waals surface area contributed by atoms with E-state index in [0.29, 0.717) is 32.6 Å². The van der Waals surface area contributed by atoms with Gasteiger partial charge < -0.3 is 9.84 Å². The molecule has 0 spiro atoms. The summed E-state index contributed by atoms with van der Waals surface area (Å²) >= 11 is 7.09. The molecule has 2 aromatic rings. The minimum absolute atomic E-state index is 0.0806. The van der Waals surface area contributed by atoms with Crippen LogP contribution in [0, 0.1) is 0 Å². The monoisotopic (exact) mass is 403 g/mol. The van der Waals surface area contributed by atoms with Gasteiger partial charge in [-0.1, -0.05) is 35.9 Å². The Labute approximate surface area is 166 Å². The van der Waals surface area contributed by atoms with Crippen LogP contribution in [0.5, 0.6) is 5.75 Å². The van der Waals surface area contributed by atoms with Gasteiger partial charge in [0.1, 0.15) is 5.75 Å². The molecule has 0 radical (unpaired) electrons. The van der Waals surface area contributed by atoms with Crippen LogP contribution in [0.2, 0.25) is 5.02 Å². The van der Waals surface area contributed by atoms with Gasteiger partial charge in [-0.05, 0) is 35.4 Å². The van der Waals surface area contributed by atoms with E-state index < -0.39 is 0 Å². The van der Waals surface area contributed by atoms with Crippen LogP contribution >= 0.6 is 23.4 Å². The lowest BCUT2D eigenvalue weighted by molar-refractivity contribution is -0.137. The van der Waals surface area contributed by atoms with E-state index in [9.17, 15) is 9.59 Å². The molecule has 0 fully saturated rings. The number of hydrogen-bond acceptors (Lipinski definition) is 5. The van der Waals surface area contributed by atoms with E-state index in [1.54, 1.807) is 55.6 Å². The van der Waals surface area contributed by atoms with Gasteiger partial charge in [0.05, 0.1) is 30.7 Å². The fourth-order valence-corrected chi connectivity index (χ4v) is 3.77. The number of aliphatic hydroxyl groups excluding tert-OH is 1. The van der Waals surface area contributed by atoms with Gasteiger partial charge in [0, 0.05) is 10.8 Å². The van der Waals surface area contributed by atoms with Crippen molar-refractivity contribution in [1.29, 1.82) is 0 Å². The summed E-state index contributed by atoms with van der Waals surface area (Å²) in [7, 11) is 1.56. The predicted octanol–water partition coefficient (Wildman–Crippen LogP) is 3.35. The average molecular weight is 404 g/mol. The number of carbonyl (C=O) groups excluding carboxylic acids is 2. The van der Waals surface area contributed by atoms with E-state index in [0.717, 1.165) is 5.56 Å². The summed E-state index contributed by atoms with van der Waals surface area (Å²) in [5.74, 6) is 0.307. The second-order valence-electron chi connectivity index (χ2n) is 5.83. The van der Waals surface area contributed by atoms with Gasteiger partial charge >= 0.3 is 0 Å². The highest BCUT2D eigenvalue weighted by Crippen LogP contribution is 2.37. The van der Waals surface area contributed by atoms with E-state index in [4.69, 9.17) is 21.4 Å². The molecule has 0 saturated heterocycles. The van der Waals surface area contributed by atoms with E-state index in [2.05, 4.69) is 0 Å². The number of rotatable bonds is 7. The molecule has 5 nitrogen and oxygen atoms in total. The number of thioether (sulfide) groups is 1. The molecule has 0 aromatic heterocycles. The molecule has 140 valence electrons. The van der Waals surface area contributed by atoms with Gasteiger partial charge in [0.25, 0.3) is 11.8 Å². The van der Waals surface area contributed by atoms with E-state index >= 15 is 0 Å². The number of methoxy groups -OCH3 is 1. The van der Waals surface area contributed by atoms with Crippen molar-refractivity contribution in [2.24, 2.45) is 0 Å². The lowest BCUT2D eigenvalue weighted by Crippen LogP contribution is -2.30. The molecule has 1 N–H and O–H groups in total. The van der Waals surface area contributed by atoms with Gasteiger partial charge in [-0.25, -0.2) is 0 Å². The summed E-state index contributed by atoms with van der Waals surface area (Å²) in [6.07, 6.45) is 0. The van der Waals surface area contributed by atoms with E-state index in [-0.39, 0.29) is 25.0 Å². The van der Waals surface area contributed by atoms with Gasteiger partial charge in [-0.2, -0.15) is 0 Å². The summed E-state index contributed by atoms with van der Waals surface area (Å²) in [4.78, 5) is 27.5. The number of ether oxygens (including phenoxy) is 1. The SMILES string of the molecule is COc1ccc(C2=C(SCCO)C(=O)N(Cc3ccc(Cl)cc3)C2=O)cc1. The number of aliphatic hydroxyl groups is 1. The number of imide groups is 1. The second kappa shape index (κ2) is 8.61. The Bertz CT molecular complexity index is 878. The normalized spacial score (nSPS) is 14.3. The lowest BCUT2D eigenvalue weighted by Gasteiger charge is -2.15. The van der Waals surface area contributed by atoms with Gasteiger partial charge in [0.15, 0.2) is 0 Å². The third kappa shape index (κ3) is 4.18. The molecule has 3 rings (SSSR count). The lowest BCUT2D eigenvalue weighted by atomic mass is 10.1. The first-order chi connectivity index (χ1) is 13.0. The van der Waals surface area contributed by atoms with Crippen LogP contribution in [-0.4, -0.2) is 41.3 Å². The Kier molecular flexibility index (Phi) is 6.21. The highest BCUT2D eigenvalue weighted by molar-refractivity contribution is 8.04. The maximum Gasteiger partial charge on any atom is 0.268 e. The standard InChI is InChI=1S/C20H18ClNO4S/c1-26-16-8-4-14(5-9-16)17-18(27-11-10-23)20(25)22(19(17)24)12-13-2-6-15(21)7-3-13/h2-9,23H,10-12H2,1H3. The van der Waals surface area contributed by atoms with Crippen LogP contribution in [0.4, 0.5) is 0 Å². The molecular formula is C20H18ClNO4S. The minimum atomic E-state index is -0.348. The summed E-state index contributed by atoms with van der Waals surface area (Å²) in [5.41, 5.74) is 1.81. The molecule has 7 heteroatoms. The highest BCUT2D eigenvalue weighted by atomic mass is 35.5. The predicted molar refractivity (Wildman–Crippen MR) is 106 cm³/mol. The zero-order valence-corrected chi connectivity index (χ0v) is 16.2. The molecule has 1 aliphatic heterocycles. The first-order valence-corrected chi connectivity index (χ1v) is 9.64.